The fraction of sp³-hybridized carbons (Fsp3) is 1.00. The largest absolute Gasteiger partial charge is 0.389 e. The summed E-state index contributed by atoms with van der Waals surface area (Å²) in [5.41, 5.74) is 0. The van der Waals surface area contributed by atoms with Crippen LogP contribution in [0.25, 0.3) is 0 Å². The number of hydrogen-bond donors (Lipinski definition) is 1. The second-order valence-corrected chi connectivity index (χ2v) is 4.17. The molecular weight excluding hydrogens is 191 g/mol. The normalized spacial score (nSPS) is 20.6. The van der Waals surface area contributed by atoms with Gasteiger partial charge in [-0.15, -0.1) is 0 Å². The van der Waals surface area contributed by atoms with E-state index >= 15 is 0 Å². The molecule has 1 unspecified atom stereocenters. The molecule has 14 heavy (non-hydrogen) atoms. The number of halogens is 3. The van der Waals surface area contributed by atoms with Gasteiger partial charge in [0.25, 0.3) is 0 Å². The summed E-state index contributed by atoms with van der Waals surface area (Å²) in [5, 5.41) is 2.97. The Morgan fingerprint density at radius 1 is 1.36 bits per heavy atom. The van der Waals surface area contributed by atoms with Gasteiger partial charge in [0, 0.05) is 12.5 Å². The van der Waals surface area contributed by atoms with Gasteiger partial charge in [-0.25, -0.2) is 0 Å². The van der Waals surface area contributed by atoms with Gasteiger partial charge in [-0.1, -0.05) is 19.3 Å². The molecule has 0 aromatic carbocycles. The molecule has 1 aliphatic rings. The average Bonchev–Trinajstić information content (AvgIpc) is 2.00. The third-order valence-electron chi connectivity index (χ3n) is 3.03. The Morgan fingerprint density at radius 2 is 2.00 bits per heavy atom. The first kappa shape index (κ1) is 11.8. The molecular formula is C10H18F3N. The molecule has 4 heteroatoms. The molecule has 0 heterocycles. The zero-order chi connectivity index (χ0) is 10.6. The maximum Gasteiger partial charge on any atom is 0.389 e. The molecule has 0 aromatic heterocycles. The Balaban J connectivity index is 2.17. The maximum absolute atomic E-state index is 12.0. The fourth-order valence-corrected chi connectivity index (χ4v) is 1.85. The third kappa shape index (κ3) is 4.31. The summed E-state index contributed by atoms with van der Waals surface area (Å²) in [6.07, 6.45) is 0.109. The predicted molar refractivity (Wildman–Crippen MR) is 50.1 cm³/mol. The number of rotatable bonds is 5. The van der Waals surface area contributed by atoms with Crippen molar-refractivity contribution in [3.63, 3.8) is 0 Å². The summed E-state index contributed by atoms with van der Waals surface area (Å²) in [6.45, 7) is 0. The van der Waals surface area contributed by atoms with Crippen LogP contribution in [0, 0.1) is 5.92 Å². The molecule has 1 fully saturated rings. The number of hydrogen-bond acceptors (Lipinski definition) is 1. The highest BCUT2D eigenvalue weighted by molar-refractivity contribution is 4.77. The van der Waals surface area contributed by atoms with Gasteiger partial charge in [0.05, 0.1) is 0 Å². The molecule has 0 radical (unpaired) electrons. The van der Waals surface area contributed by atoms with Crippen molar-refractivity contribution in [2.45, 2.75) is 50.7 Å². The molecule has 0 amide bonds. The van der Waals surface area contributed by atoms with E-state index in [0.717, 1.165) is 6.42 Å². The van der Waals surface area contributed by atoms with Crippen molar-refractivity contribution >= 4 is 0 Å². The van der Waals surface area contributed by atoms with Crippen LogP contribution in [0.1, 0.15) is 38.5 Å². The molecule has 1 rings (SSSR count). The standard InChI is InChI=1S/C10H18F3N/c1-14-9(5-6-10(11,12)13)7-8-3-2-4-8/h8-9,14H,2-7H2,1H3. The van der Waals surface area contributed by atoms with Crippen LogP contribution in [0.5, 0.6) is 0 Å². The first-order valence-electron chi connectivity index (χ1n) is 5.25. The minimum absolute atomic E-state index is 0.0434. The van der Waals surface area contributed by atoms with Crippen LogP contribution in [0.3, 0.4) is 0 Å². The molecule has 1 nitrogen and oxygen atoms in total. The van der Waals surface area contributed by atoms with Crippen molar-refractivity contribution in [3.05, 3.63) is 0 Å². The van der Waals surface area contributed by atoms with E-state index in [1.165, 1.54) is 19.3 Å². The lowest BCUT2D eigenvalue weighted by atomic mass is 9.80. The van der Waals surface area contributed by atoms with Crippen LogP contribution >= 0.6 is 0 Å². The second-order valence-electron chi connectivity index (χ2n) is 4.17. The first-order valence-corrected chi connectivity index (χ1v) is 5.25. The highest BCUT2D eigenvalue weighted by Gasteiger charge is 2.29. The second kappa shape index (κ2) is 5.01. The zero-order valence-corrected chi connectivity index (χ0v) is 8.53. The van der Waals surface area contributed by atoms with Gasteiger partial charge in [0.2, 0.25) is 0 Å². The van der Waals surface area contributed by atoms with Gasteiger partial charge in [0.1, 0.15) is 0 Å². The van der Waals surface area contributed by atoms with E-state index in [9.17, 15) is 13.2 Å². The fourth-order valence-electron chi connectivity index (χ4n) is 1.85. The maximum atomic E-state index is 12.0. The van der Waals surface area contributed by atoms with Gasteiger partial charge in [-0.05, 0) is 25.8 Å². The summed E-state index contributed by atoms with van der Waals surface area (Å²) >= 11 is 0. The Morgan fingerprint density at radius 3 is 2.36 bits per heavy atom. The van der Waals surface area contributed by atoms with Crippen molar-refractivity contribution in [3.8, 4) is 0 Å². The van der Waals surface area contributed by atoms with E-state index in [1.54, 1.807) is 7.05 Å². The SMILES string of the molecule is CNC(CCC(F)(F)F)CC1CCC1. The van der Waals surface area contributed by atoms with Crippen LogP contribution < -0.4 is 5.32 Å². The predicted octanol–water partition coefficient (Wildman–Crippen LogP) is 3.11. The number of nitrogens with one attached hydrogen (secondary N) is 1. The van der Waals surface area contributed by atoms with Crippen LogP contribution in [0.2, 0.25) is 0 Å². The Bertz CT molecular complexity index is 163. The molecule has 0 spiro atoms. The van der Waals surface area contributed by atoms with Gasteiger partial charge >= 0.3 is 6.18 Å². The zero-order valence-electron chi connectivity index (χ0n) is 8.53. The summed E-state index contributed by atoms with van der Waals surface area (Å²) in [7, 11) is 1.75. The topological polar surface area (TPSA) is 12.0 Å². The van der Waals surface area contributed by atoms with Crippen LogP contribution in [-0.4, -0.2) is 19.3 Å². The van der Waals surface area contributed by atoms with Crippen molar-refractivity contribution in [1.82, 2.24) is 5.32 Å². The summed E-state index contributed by atoms with van der Waals surface area (Å²) < 4.78 is 35.9. The minimum atomic E-state index is -4.01. The van der Waals surface area contributed by atoms with Gasteiger partial charge < -0.3 is 5.32 Å². The Kier molecular flexibility index (Phi) is 4.23. The average molecular weight is 209 g/mol. The molecule has 1 saturated carbocycles. The van der Waals surface area contributed by atoms with E-state index in [2.05, 4.69) is 5.32 Å². The van der Waals surface area contributed by atoms with E-state index < -0.39 is 12.6 Å². The Hall–Kier alpha value is -0.250. The van der Waals surface area contributed by atoms with Crippen molar-refractivity contribution < 1.29 is 13.2 Å². The van der Waals surface area contributed by atoms with E-state index in [-0.39, 0.29) is 12.5 Å². The highest BCUT2D eigenvalue weighted by Crippen LogP contribution is 2.32. The van der Waals surface area contributed by atoms with Crippen LogP contribution in [-0.2, 0) is 0 Å². The molecule has 1 N–H and O–H groups in total. The lowest BCUT2D eigenvalue weighted by molar-refractivity contribution is -0.136. The van der Waals surface area contributed by atoms with Crippen molar-refractivity contribution in [2.75, 3.05) is 7.05 Å². The van der Waals surface area contributed by atoms with Crippen LogP contribution in [0.4, 0.5) is 13.2 Å². The summed E-state index contributed by atoms with van der Waals surface area (Å²) in [5.74, 6) is 0.667. The quantitative estimate of drug-likeness (QED) is 0.733. The van der Waals surface area contributed by atoms with E-state index in [1.807, 2.05) is 0 Å². The highest BCUT2D eigenvalue weighted by atomic mass is 19.4. The molecule has 1 aliphatic carbocycles. The lowest BCUT2D eigenvalue weighted by Crippen LogP contribution is -2.31. The van der Waals surface area contributed by atoms with Gasteiger partial charge in [-0.3, -0.25) is 0 Å². The molecule has 0 saturated heterocycles. The van der Waals surface area contributed by atoms with Gasteiger partial charge in [0.15, 0.2) is 0 Å². The monoisotopic (exact) mass is 209 g/mol. The summed E-state index contributed by atoms with van der Waals surface area (Å²) in [4.78, 5) is 0. The van der Waals surface area contributed by atoms with Crippen molar-refractivity contribution in [1.29, 1.82) is 0 Å². The smallest absolute Gasteiger partial charge is 0.317 e. The molecule has 84 valence electrons. The van der Waals surface area contributed by atoms with E-state index in [4.69, 9.17) is 0 Å². The molecule has 0 bridgehead atoms. The minimum Gasteiger partial charge on any atom is -0.317 e. The Labute approximate surface area is 83.1 Å². The summed E-state index contributed by atoms with van der Waals surface area (Å²) in [6, 6.07) is 0.0434. The van der Waals surface area contributed by atoms with Gasteiger partial charge in [-0.2, -0.15) is 13.2 Å². The molecule has 0 aromatic rings. The molecule has 0 aliphatic heterocycles. The number of alkyl halides is 3. The van der Waals surface area contributed by atoms with E-state index in [0.29, 0.717) is 5.92 Å². The van der Waals surface area contributed by atoms with Crippen LogP contribution in [0.15, 0.2) is 0 Å². The van der Waals surface area contributed by atoms with Crippen molar-refractivity contribution in [2.24, 2.45) is 5.92 Å². The third-order valence-corrected chi connectivity index (χ3v) is 3.03. The molecule has 1 atom stereocenters. The lowest BCUT2D eigenvalue weighted by Gasteiger charge is -2.29. The first-order chi connectivity index (χ1) is 6.51.